The fraction of sp³-hybridized carbons (Fsp3) is 0.0769. The molecule has 0 N–H and O–H groups in total. The highest BCUT2D eigenvalue weighted by atomic mass is 79.9. The van der Waals surface area contributed by atoms with Crippen molar-refractivity contribution in [3.8, 4) is 11.9 Å². The van der Waals surface area contributed by atoms with E-state index in [4.69, 9.17) is 10.00 Å². The van der Waals surface area contributed by atoms with E-state index in [1.807, 2.05) is 30.3 Å². The maximum atomic E-state index is 8.75. The van der Waals surface area contributed by atoms with Crippen molar-refractivity contribution in [2.45, 2.75) is 6.61 Å². The van der Waals surface area contributed by atoms with E-state index in [-0.39, 0.29) is 0 Å². The number of nitrogens with zero attached hydrogens (tertiary/aromatic N) is 2. The highest BCUT2D eigenvalue weighted by Gasteiger charge is 2.01. The van der Waals surface area contributed by atoms with Gasteiger partial charge in [0.2, 0.25) is 5.88 Å². The van der Waals surface area contributed by atoms with Crippen molar-refractivity contribution < 1.29 is 4.74 Å². The van der Waals surface area contributed by atoms with E-state index in [1.165, 1.54) is 0 Å². The quantitative estimate of drug-likeness (QED) is 0.871. The number of nitriles is 1. The number of rotatable bonds is 3. The van der Waals surface area contributed by atoms with Gasteiger partial charge in [0, 0.05) is 22.3 Å². The van der Waals surface area contributed by atoms with Gasteiger partial charge in [-0.1, -0.05) is 34.1 Å². The van der Waals surface area contributed by atoms with Crippen molar-refractivity contribution >= 4 is 15.9 Å². The van der Waals surface area contributed by atoms with Gasteiger partial charge in [0.15, 0.2) is 0 Å². The Morgan fingerprint density at radius 2 is 2.12 bits per heavy atom. The van der Waals surface area contributed by atoms with E-state index in [0.29, 0.717) is 18.1 Å². The molecule has 0 aliphatic rings. The van der Waals surface area contributed by atoms with Gasteiger partial charge in [0.25, 0.3) is 0 Å². The summed E-state index contributed by atoms with van der Waals surface area (Å²) in [5.41, 5.74) is 1.58. The molecule has 0 radical (unpaired) electrons. The molecule has 0 aliphatic heterocycles. The molecule has 0 unspecified atom stereocenters. The van der Waals surface area contributed by atoms with E-state index in [2.05, 4.69) is 20.9 Å². The van der Waals surface area contributed by atoms with Gasteiger partial charge in [-0.3, -0.25) is 0 Å². The third kappa shape index (κ3) is 3.05. The topological polar surface area (TPSA) is 45.9 Å². The number of pyridine rings is 1. The van der Waals surface area contributed by atoms with Crippen molar-refractivity contribution in [1.82, 2.24) is 4.98 Å². The van der Waals surface area contributed by atoms with Crippen LogP contribution in [0.1, 0.15) is 11.1 Å². The number of halogens is 1. The second-order valence-corrected chi connectivity index (χ2v) is 4.23. The van der Waals surface area contributed by atoms with Crippen LogP contribution in [0.25, 0.3) is 0 Å². The Bertz CT molecular complexity index is 563. The maximum absolute atomic E-state index is 8.75. The molecule has 0 fully saturated rings. The van der Waals surface area contributed by atoms with Crippen LogP contribution in [-0.4, -0.2) is 4.98 Å². The first-order valence-corrected chi connectivity index (χ1v) is 5.81. The Labute approximate surface area is 108 Å². The Morgan fingerprint density at radius 1 is 1.29 bits per heavy atom. The molecule has 84 valence electrons. The third-order valence-electron chi connectivity index (χ3n) is 2.20. The minimum Gasteiger partial charge on any atom is -0.473 e. The average Bonchev–Trinajstić information content (AvgIpc) is 2.38. The highest BCUT2D eigenvalue weighted by molar-refractivity contribution is 9.10. The molecule has 0 saturated heterocycles. The van der Waals surface area contributed by atoms with Crippen LogP contribution in [0.15, 0.2) is 47.1 Å². The molecule has 2 aromatic rings. The van der Waals surface area contributed by atoms with Crippen LogP contribution in [0.2, 0.25) is 0 Å². The van der Waals surface area contributed by atoms with Crippen LogP contribution >= 0.6 is 15.9 Å². The van der Waals surface area contributed by atoms with E-state index >= 15 is 0 Å². The first kappa shape index (κ1) is 11.6. The minimum atomic E-state index is 0.420. The summed E-state index contributed by atoms with van der Waals surface area (Å²) in [5.74, 6) is 0.458. The smallest absolute Gasteiger partial charge is 0.214 e. The molecule has 0 atom stereocenters. The summed E-state index contributed by atoms with van der Waals surface area (Å²) in [6.45, 7) is 0.420. The molecule has 1 heterocycles. The zero-order valence-corrected chi connectivity index (χ0v) is 10.5. The molecule has 0 aliphatic carbocycles. The van der Waals surface area contributed by atoms with Gasteiger partial charge in [-0.2, -0.15) is 5.26 Å². The Balaban J connectivity index is 2.08. The highest BCUT2D eigenvalue weighted by Crippen LogP contribution is 2.18. The van der Waals surface area contributed by atoms with Crippen LogP contribution < -0.4 is 4.74 Å². The summed E-state index contributed by atoms with van der Waals surface area (Å²) in [7, 11) is 0. The zero-order chi connectivity index (χ0) is 12.1. The molecular formula is C13H9BrN2O. The van der Waals surface area contributed by atoms with E-state index in [9.17, 15) is 0 Å². The Morgan fingerprint density at radius 3 is 2.88 bits per heavy atom. The summed E-state index contributed by atoms with van der Waals surface area (Å²) in [5, 5.41) is 8.75. The molecule has 1 aromatic heterocycles. The van der Waals surface area contributed by atoms with Crippen LogP contribution in [-0.2, 0) is 6.61 Å². The number of benzene rings is 1. The molecular weight excluding hydrogens is 280 g/mol. The van der Waals surface area contributed by atoms with Crippen LogP contribution in [0, 0.1) is 11.3 Å². The normalized spacial score (nSPS) is 9.65. The molecule has 17 heavy (non-hydrogen) atoms. The van der Waals surface area contributed by atoms with E-state index in [1.54, 1.807) is 18.3 Å². The largest absolute Gasteiger partial charge is 0.473 e. The fourth-order valence-electron chi connectivity index (χ4n) is 1.33. The number of aromatic nitrogens is 1. The maximum Gasteiger partial charge on any atom is 0.214 e. The number of ether oxygens (including phenoxy) is 1. The molecule has 4 heteroatoms. The lowest BCUT2D eigenvalue weighted by atomic mass is 10.2. The van der Waals surface area contributed by atoms with Crippen molar-refractivity contribution in [2.24, 2.45) is 0 Å². The lowest BCUT2D eigenvalue weighted by Crippen LogP contribution is -1.98. The standard InChI is InChI=1S/C13H9BrN2O/c14-12-4-2-1-3-11(12)9-17-13-7-10(8-15)5-6-16-13/h1-7H,9H2. The lowest BCUT2D eigenvalue weighted by molar-refractivity contribution is 0.293. The Kier molecular flexibility index (Phi) is 3.73. The molecule has 3 nitrogen and oxygen atoms in total. The molecule has 0 amide bonds. The summed E-state index contributed by atoms with van der Waals surface area (Å²) >= 11 is 3.45. The van der Waals surface area contributed by atoms with Crippen LogP contribution in [0.3, 0.4) is 0 Å². The van der Waals surface area contributed by atoms with Gasteiger partial charge in [-0.15, -0.1) is 0 Å². The van der Waals surface area contributed by atoms with E-state index in [0.717, 1.165) is 10.0 Å². The van der Waals surface area contributed by atoms with Gasteiger partial charge in [0.05, 0.1) is 11.6 Å². The SMILES string of the molecule is N#Cc1ccnc(OCc2ccccc2Br)c1. The summed E-state index contributed by atoms with van der Waals surface area (Å²) in [6, 6.07) is 13.1. The van der Waals surface area contributed by atoms with Crippen LogP contribution in [0.5, 0.6) is 5.88 Å². The van der Waals surface area contributed by atoms with Gasteiger partial charge < -0.3 is 4.74 Å². The van der Waals surface area contributed by atoms with Crippen molar-refractivity contribution in [1.29, 1.82) is 5.26 Å². The van der Waals surface area contributed by atoms with Crippen molar-refractivity contribution in [3.05, 3.63) is 58.2 Å². The molecule has 0 spiro atoms. The summed E-state index contributed by atoms with van der Waals surface area (Å²) < 4.78 is 6.52. The molecule has 2 rings (SSSR count). The fourth-order valence-corrected chi connectivity index (χ4v) is 1.72. The monoisotopic (exact) mass is 288 g/mol. The van der Waals surface area contributed by atoms with Crippen LogP contribution in [0.4, 0.5) is 0 Å². The molecule has 1 aromatic carbocycles. The zero-order valence-electron chi connectivity index (χ0n) is 8.93. The lowest BCUT2D eigenvalue weighted by Gasteiger charge is -2.06. The first-order chi connectivity index (χ1) is 8.29. The third-order valence-corrected chi connectivity index (χ3v) is 2.97. The first-order valence-electron chi connectivity index (χ1n) is 5.02. The summed E-state index contributed by atoms with van der Waals surface area (Å²) in [6.07, 6.45) is 1.56. The van der Waals surface area contributed by atoms with Crippen molar-refractivity contribution in [3.63, 3.8) is 0 Å². The molecule has 0 saturated carbocycles. The Hall–Kier alpha value is -1.86. The van der Waals surface area contributed by atoms with Gasteiger partial charge in [-0.05, 0) is 12.1 Å². The predicted octanol–water partition coefficient (Wildman–Crippen LogP) is 3.29. The van der Waals surface area contributed by atoms with Gasteiger partial charge >= 0.3 is 0 Å². The summed E-state index contributed by atoms with van der Waals surface area (Å²) in [4.78, 5) is 4.04. The van der Waals surface area contributed by atoms with Crippen molar-refractivity contribution in [2.75, 3.05) is 0 Å². The average molecular weight is 289 g/mol. The minimum absolute atomic E-state index is 0.420. The predicted molar refractivity (Wildman–Crippen MR) is 67.4 cm³/mol. The number of hydrogen-bond donors (Lipinski definition) is 0. The molecule has 0 bridgehead atoms. The van der Waals surface area contributed by atoms with E-state index < -0.39 is 0 Å². The van der Waals surface area contributed by atoms with Gasteiger partial charge in [-0.25, -0.2) is 4.98 Å². The second-order valence-electron chi connectivity index (χ2n) is 3.37. The second kappa shape index (κ2) is 5.46. The number of hydrogen-bond acceptors (Lipinski definition) is 3. The van der Waals surface area contributed by atoms with Gasteiger partial charge in [0.1, 0.15) is 6.61 Å².